The number of carbonyl (C=O) groups excluding carboxylic acids is 1. The van der Waals surface area contributed by atoms with E-state index in [1.165, 1.54) is 25.0 Å². The number of carbonyl (C=O) groups is 1. The molecule has 0 radical (unpaired) electrons. The van der Waals surface area contributed by atoms with Crippen molar-refractivity contribution in [3.8, 4) is 0 Å². The Bertz CT molecular complexity index is 1420. The van der Waals surface area contributed by atoms with Crippen LogP contribution in [0.3, 0.4) is 0 Å². The van der Waals surface area contributed by atoms with Crippen molar-refractivity contribution in [2.45, 2.75) is 75.3 Å². The number of sulfonamides is 2. The predicted molar refractivity (Wildman–Crippen MR) is 137 cm³/mol. The molecule has 36 heavy (non-hydrogen) atoms. The highest BCUT2D eigenvalue weighted by molar-refractivity contribution is 7.92. The fourth-order valence-corrected chi connectivity index (χ4v) is 7.57. The summed E-state index contributed by atoms with van der Waals surface area (Å²) in [6.45, 7) is 5.62. The molecule has 0 bridgehead atoms. The van der Waals surface area contributed by atoms with Crippen molar-refractivity contribution in [2.75, 3.05) is 22.4 Å². The molecule has 0 saturated heterocycles. The first-order valence-corrected chi connectivity index (χ1v) is 15.6. The minimum absolute atomic E-state index is 0.0555. The molecule has 1 aliphatic heterocycles. The molecule has 9 nitrogen and oxygen atoms in total. The van der Waals surface area contributed by atoms with Crippen LogP contribution in [0.5, 0.6) is 0 Å². The summed E-state index contributed by atoms with van der Waals surface area (Å²) in [5.74, 6) is -0.471. The van der Waals surface area contributed by atoms with Crippen molar-refractivity contribution in [1.82, 2.24) is 4.72 Å². The van der Waals surface area contributed by atoms with E-state index in [0.717, 1.165) is 37.5 Å². The van der Waals surface area contributed by atoms with Gasteiger partial charge >= 0.3 is 0 Å². The van der Waals surface area contributed by atoms with Gasteiger partial charge in [-0.2, -0.15) is 0 Å². The lowest BCUT2D eigenvalue weighted by Gasteiger charge is -2.38. The summed E-state index contributed by atoms with van der Waals surface area (Å²) in [5, 5.41) is -0.309. The van der Waals surface area contributed by atoms with Crippen LogP contribution in [0.1, 0.15) is 75.4 Å². The molecule has 2 N–H and O–H groups in total. The number of hydrogen-bond acceptors (Lipinski definition) is 6. The van der Waals surface area contributed by atoms with Crippen LogP contribution in [-0.2, 0) is 25.5 Å². The third-order valence-electron chi connectivity index (χ3n) is 7.59. The van der Waals surface area contributed by atoms with Crippen molar-refractivity contribution < 1.29 is 26.0 Å². The Morgan fingerprint density at radius 2 is 1.61 bits per heavy atom. The van der Waals surface area contributed by atoms with E-state index in [2.05, 4.69) is 9.44 Å². The molecule has 2 fully saturated rings. The van der Waals surface area contributed by atoms with Gasteiger partial charge in [0.05, 0.1) is 6.26 Å². The van der Waals surface area contributed by atoms with Crippen LogP contribution in [0.15, 0.2) is 39.8 Å². The maximum absolute atomic E-state index is 13.6. The Balaban J connectivity index is 1.48. The van der Waals surface area contributed by atoms with Gasteiger partial charge in [0, 0.05) is 28.9 Å². The lowest BCUT2D eigenvalue weighted by atomic mass is 9.66. The van der Waals surface area contributed by atoms with Gasteiger partial charge in [-0.15, -0.1) is 0 Å². The van der Waals surface area contributed by atoms with E-state index < -0.39 is 31.5 Å². The number of rotatable bonds is 5. The average Bonchev–Trinajstić information content (AvgIpc) is 3.19. The van der Waals surface area contributed by atoms with Crippen LogP contribution in [0.4, 0.5) is 11.4 Å². The summed E-state index contributed by atoms with van der Waals surface area (Å²) in [4.78, 5) is 15.3. The largest absolute Gasteiger partial charge is 0.438 e. The third kappa shape index (κ3) is 4.80. The molecule has 2 saturated carbocycles. The second-order valence-electron chi connectivity index (χ2n) is 11.8. The normalized spacial score (nSPS) is 20.5. The van der Waals surface area contributed by atoms with E-state index >= 15 is 0 Å². The van der Waals surface area contributed by atoms with Crippen molar-refractivity contribution >= 4 is 37.3 Å². The zero-order valence-electron chi connectivity index (χ0n) is 21.0. The molecular formula is C25H33N3O6S2. The Hall–Kier alpha value is -2.37. The van der Waals surface area contributed by atoms with Gasteiger partial charge in [0.2, 0.25) is 15.1 Å². The zero-order chi connectivity index (χ0) is 26.1. The second kappa shape index (κ2) is 8.06. The van der Waals surface area contributed by atoms with Gasteiger partial charge in [-0.3, -0.25) is 9.52 Å². The zero-order valence-corrected chi connectivity index (χ0v) is 22.7. The Morgan fingerprint density at radius 3 is 2.19 bits per heavy atom. The summed E-state index contributed by atoms with van der Waals surface area (Å²) in [6, 6.07) is 7.95. The molecule has 2 heterocycles. The molecule has 1 amide bonds. The molecule has 0 atom stereocenters. The van der Waals surface area contributed by atoms with E-state index in [0.29, 0.717) is 23.3 Å². The highest BCUT2D eigenvalue weighted by Gasteiger charge is 2.54. The average molecular weight is 536 g/mol. The molecule has 1 aromatic heterocycles. The van der Waals surface area contributed by atoms with Gasteiger partial charge in [-0.1, -0.05) is 0 Å². The number of furan rings is 1. The molecular weight excluding hydrogens is 502 g/mol. The van der Waals surface area contributed by atoms with E-state index in [-0.39, 0.29) is 16.3 Å². The lowest BCUT2D eigenvalue weighted by molar-refractivity contribution is 0.0948. The topological polar surface area (TPSA) is 126 Å². The van der Waals surface area contributed by atoms with Gasteiger partial charge in [0.1, 0.15) is 0 Å². The van der Waals surface area contributed by atoms with E-state index in [1.54, 1.807) is 37.8 Å². The Morgan fingerprint density at radius 1 is 0.972 bits per heavy atom. The van der Waals surface area contributed by atoms with E-state index in [4.69, 9.17) is 4.42 Å². The van der Waals surface area contributed by atoms with Crippen molar-refractivity contribution in [3.63, 3.8) is 0 Å². The van der Waals surface area contributed by atoms with Gasteiger partial charge in [-0.25, -0.2) is 21.6 Å². The van der Waals surface area contributed by atoms with Gasteiger partial charge in [0.25, 0.3) is 15.9 Å². The first-order valence-electron chi connectivity index (χ1n) is 12.2. The highest BCUT2D eigenvalue weighted by Crippen LogP contribution is 2.62. The van der Waals surface area contributed by atoms with Crippen LogP contribution in [0, 0.1) is 5.41 Å². The number of benzene rings is 1. The first-order chi connectivity index (χ1) is 16.6. The molecule has 0 unspecified atom stereocenters. The van der Waals surface area contributed by atoms with E-state index in [1.807, 2.05) is 6.07 Å². The summed E-state index contributed by atoms with van der Waals surface area (Å²) in [5.41, 5.74) is 1.59. The van der Waals surface area contributed by atoms with Gasteiger partial charge in [-0.05, 0) is 101 Å². The highest BCUT2D eigenvalue weighted by atomic mass is 32.2. The molecule has 11 heteroatoms. The van der Waals surface area contributed by atoms with Crippen LogP contribution in [0.25, 0.3) is 0 Å². The van der Waals surface area contributed by atoms with Gasteiger partial charge < -0.3 is 9.32 Å². The SMILES string of the molecule is CC(C)(C)NS(=O)(=O)c1ccc(C(=O)N2CC3(CCC4(CC4)CC3)c3cc(NS(C)(=O)=O)ccc32)o1. The maximum atomic E-state index is 13.6. The Kier molecular flexibility index (Phi) is 5.66. The van der Waals surface area contributed by atoms with Crippen LogP contribution < -0.4 is 14.3 Å². The number of fused-ring (bicyclic) bond motifs is 2. The summed E-state index contributed by atoms with van der Waals surface area (Å²) in [6.07, 6.45) is 7.61. The smallest absolute Gasteiger partial charge is 0.294 e. The Labute approximate surface area is 212 Å². The number of anilines is 2. The number of hydrogen-bond donors (Lipinski definition) is 2. The van der Waals surface area contributed by atoms with Crippen LogP contribution in [-0.4, -0.2) is 41.1 Å². The minimum Gasteiger partial charge on any atom is -0.438 e. The number of nitrogens with one attached hydrogen (secondary N) is 2. The second-order valence-corrected chi connectivity index (χ2v) is 15.1. The van der Waals surface area contributed by atoms with Crippen molar-refractivity contribution in [1.29, 1.82) is 0 Å². The number of amides is 1. The predicted octanol–water partition coefficient (Wildman–Crippen LogP) is 3.98. The molecule has 1 aromatic carbocycles. The third-order valence-corrected chi connectivity index (χ3v) is 9.83. The molecule has 196 valence electrons. The van der Waals surface area contributed by atoms with Crippen LogP contribution in [0.2, 0.25) is 0 Å². The fraction of sp³-hybridized carbons (Fsp3) is 0.560. The molecule has 3 aliphatic rings. The summed E-state index contributed by atoms with van der Waals surface area (Å²) in [7, 11) is -7.37. The van der Waals surface area contributed by atoms with Gasteiger partial charge in [0.15, 0.2) is 5.76 Å². The standard InChI is InChI=1S/C25H33N3O6S2/c1-23(2,3)27-36(32,33)21-8-7-20(34-21)22(29)28-16-25(13-11-24(9-10-24)12-14-25)18-15-17(5-6-19(18)28)26-35(4,30)31/h5-8,15,26-27H,9-14,16H2,1-4H3. The van der Waals surface area contributed by atoms with E-state index in [9.17, 15) is 21.6 Å². The van der Waals surface area contributed by atoms with Crippen molar-refractivity contribution in [3.05, 3.63) is 41.7 Å². The molecule has 5 rings (SSSR count). The first kappa shape index (κ1) is 25.3. The van der Waals surface area contributed by atoms with Crippen molar-refractivity contribution in [2.24, 2.45) is 5.41 Å². The van der Waals surface area contributed by atoms with Crippen LogP contribution >= 0.6 is 0 Å². The maximum Gasteiger partial charge on any atom is 0.294 e. The molecule has 2 aliphatic carbocycles. The number of nitrogens with zero attached hydrogens (tertiary/aromatic N) is 1. The fourth-order valence-electron chi connectivity index (χ4n) is 5.66. The molecule has 2 aromatic rings. The summed E-state index contributed by atoms with van der Waals surface area (Å²) >= 11 is 0. The summed E-state index contributed by atoms with van der Waals surface area (Å²) < 4.78 is 59.7. The minimum atomic E-state index is -3.92. The lowest BCUT2D eigenvalue weighted by Crippen LogP contribution is -2.40. The quantitative estimate of drug-likeness (QED) is 0.597. The monoisotopic (exact) mass is 535 g/mol. The molecule has 2 spiro atoms.